The van der Waals surface area contributed by atoms with Gasteiger partial charge in [-0.3, -0.25) is 0 Å². The zero-order valence-corrected chi connectivity index (χ0v) is 11.2. The van der Waals surface area contributed by atoms with Crippen molar-refractivity contribution >= 4 is 6.03 Å². The van der Waals surface area contributed by atoms with E-state index in [0.717, 1.165) is 39.0 Å². The number of benzene rings is 1. The van der Waals surface area contributed by atoms with Crippen molar-refractivity contribution in [3.05, 3.63) is 35.9 Å². The molecule has 0 aromatic heterocycles. The fraction of sp³-hybridized carbons (Fsp3) is 0.533. The van der Waals surface area contributed by atoms with Crippen molar-refractivity contribution in [1.29, 1.82) is 0 Å². The Balaban J connectivity index is 1.57. The van der Waals surface area contributed by atoms with Crippen LogP contribution in [-0.2, 0) is 11.2 Å². The first-order valence-corrected chi connectivity index (χ1v) is 6.98. The van der Waals surface area contributed by atoms with Gasteiger partial charge in [0.05, 0.1) is 0 Å². The van der Waals surface area contributed by atoms with E-state index >= 15 is 0 Å². The van der Waals surface area contributed by atoms with Crippen molar-refractivity contribution in [2.24, 2.45) is 5.92 Å². The van der Waals surface area contributed by atoms with Crippen LogP contribution in [0, 0.1) is 5.92 Å². The summed E-state index contributed by atoms with van der Waals surface area (Å²) in [4.78, 5) is 11.6. The van der Waals surface area contributed by atoms with E-state index in [1.165, 1.54) is 5.56 Å². The van der Waals surface area contributed by atoms with E-state index in [9.17, 15) is 4.79 Å². The second kappa shape index (κ2) is 7.79. The van der Waals surface area contributed by atoms with Gasteiger partial charge in [0.15, 0.2) is 0 Å². The largest absolute Gasteiger partial charge is 0.381 e. The molecule has 0 spiro atoms. The lowest BCUT2D eigenvalue weighted by molar-refractivity contribution is 0.0669. The molecule has 0 saturated carbocycles. The van der Waals surface area contributed by atoms with Gasteiger partial charge >= 0.3 is 6.03 Å². The lowest BCUT2D eigenvalue weighted by Gasteiger charge is -2.22. The molecule has 1 heterocycles. The van der Waals surface area contributed by atoms with Gasteiger partial charge in [-0.25, -0.2) is 4.79 Å². The topological polar surface area (TPSA) is 50.4 Å². The molecular weight excluding hydrogens is 240 g/mol. The lowest BCUT2D eigenvalue weighted by Crippen LogP contribution is -2.40. The summed E-state index contributed by atoms with van der Waals surface area (Å²) in [6, 6.07) is 10.1. The Labute approximate surface area is 114 Å². The van der Waals surface area contributed by atoms with Crippen LogP contribution < -0.4 is 10.6 Å². The summed E-state index contributed by atoms with van der Waals surface area (Å²) in [5.74, 6) is 0.564. The Bertz CT molecular complexity index is 375. The molecule has 4 heteroatoms. The molecule has 2 rings (SSSR count). The maximum atomic E-state index is 11.6. The molecule has 0 radical (unpaired) electrons. The summed E-state index contributed by atoms with van der Waals surface area (Å²) in [5.41, 5.74) is 1.24. The molecule has 2 N–H and O–H groups in total. The maximum Gasteiger partial charge on any atom is 0.314 e. The smallest absolute Gasteiger partial charge is 0.314 e. The molecule has 4 nitrogen and oxygen atoms in total. The monoisotopic (exact) mass is 262 g/mol. The van der Waals surface area contributed by atoms with Gasteiger partial charge in [-0.1, -0.05) is 30.3 Å². The third-order valence-corrected chi connectivity index (χ3v) is 3.43. The standard InChI is InChI=1S/C15H22N2O2/c18-15(17-12-14-7-10-19-11-8-14)16-9-6-13-4-2-1-3-5-13/h1-5,14H,6-12H2,(H2,16,17,18). The van der Waals surface area contributed by atoms with Gasteiger partial charge < -0.3 is 15.4 Å². The van der Waals surface area contributed by atoms with Crippen LogP contribution in [0.15, 0.2) is 30.3 Å². The quantitative estimate of drug-likeness (QED) is 0.852. The Hall–Kier alpha value is -1.55. The number of hydrogen-bond acceptors (Lipinski definition) is 2. The molecule has 1 aliphatic heterocycles. The molecule has 104 valence electrons. The number of hydrogen-bond donors (Lipinski definition) is 2. The van der Waals surface area contributed by atoms with Gasteiger partial charge in [0.1, 0.15) is 0 Å². The normalized spacial score (nSPS) is 16.0. The minimum absolute atomic E-state index is 0.0672. The highest BCUT2D eigenvalue weighted by Gasteiger charge is 2.14. The Kier molecular flexibility index (Phi) is 5.69. The fourth-order valence-electron chi connectivity index (χ4n) is 2.22. The van der Waals surface area contributed by atoms with Gasteiger partial charge in [-0.15, -0.1) is 0 Å². The summed E-state index contributed by atoms with van der Waals surface area (Å²) >= 11 is 0. The van der Waals surface area contributed by atoms with E-state index in [0.29, 0.717) is 12.5 Å². The van der Waals surface area contributed by atoms with E-state index in [2.05, 4.69) is 22.8 Å². The van der Waals surface area contributed by atoms with E-state index in [-0.39, 0.29) is 6.03 Å². The highest BCUT2D eigenvalue weighted by molar-refractivity contribution is 5.73. The van der Waals surface area contributed by atoms with Crippen LogP contribution in [0.4, 0.5) is 4.79 Å². The average molecular weight is 262 g/mol. The number of ether oxygens (including phenoxy) is 1. The molecule has 1 aromatic rings. The number of amides is 2. The Morgan fingerprint density at radius 2 is 1.89 bits per heavy atom. The summed E-state index contributed by atoms with van der Waals surface area (Å²) < 4.78 is 5.29. The minimum atomic E-state index is -0.0672. The Morgan fingerprint density at radius 3 is 2.63 bits per heavy atom. The molecule has 19 heavy (non-hydrogen) atoms. The molecule has 2 amide bonds. The van der Waals surface area contributed by atoms with Gasteiger partial charge in [0.2, 0.25) is 0 Å². The second-order valence-corrected chi connectivity index (χ2v) is 4.93. The van der Waals surface area contributed by atoms with Crippen LogP contribution >= 0.6 is 0 Å². The number of rotatable bonds is 5. The SMILES string of the molecule is O=C(NCCc1ccccc1)NCC1CCOCC1. The van der Waals surface area contributed by atoms with Gasteiger partial charge in [0, 0.05) is 26.3 Å². The zero-order chi connectivity index (χ0) is 13.3. The first-order valence-electron chi connectivity index (χ1n) is 6.98. The minimum Gasteiger partial charge on any atom is -0.381 e. The van der Waals surface area contributed by atoms with E-state index in [1.807, 2.05) is 18.2 Å². The number of carbonyl (C=O) groups is 1. The van der Waals surface area contributed by atoms with Crippen LogP contribution in [0.1, 0.15) is 18.4 Å². The van der Waals surface area contributed by atoms with E-state index in [4.69, 9.17) is 4.74 Å². The van der Waals surface area contributed by atoms with Crippen molar-refractivity contribution in [3.63, 3.8) is 0 Å². The van der Waals surface area contributed by atoms with Crippen LogP contribution in [0.5, 0.6) is 0 Å². The van der Waals surface area contributed by atoms with Gasteiger partial charge in [-0.2, -0.15) is 0 Å². The van der Waals surface area contributed by atoms with Crippen LogP contribution in [0.3, 0.4) is 0 Å². The summed E-state index contributed by atoms with van der Waals surface area (Å²) in [7, 11) is 0. The van der Waals surface area contributed by atoms with E-state index in [1.54, 1.807) is 0 Å². The predicted molar refractivity (Wildman–Crippen MR) is 75.1 cm³/mol. The molecule has 0 bridgehead atoms. The maximum absolute atomic E-state index is 11.6. The molecule has 1 aliphatic rings. The summed E-state index contributed by atoms with van der Waals surface area (Å²) in [6.45, 7) is 3.06. The first kappa shape index (κ1) is 13.9. The van der Waals surface area contributed by atoms with Crippen molar-refractivity contribution in [2.45, 2.75) is 19.3 Å². The van der Waals surface area contributed by atoms with Gasteiger partial charge in [-0.05, 0) is 30.7 Å². The molecule has 1 fully saturated rings. The van der Waals surface area contributed by atoms with E-state index < -0.39 is 0 Å². The van der Waals surface area contributed by atoms with Crippen molar-refractivity contribution in [2.75, 3.05) is 26.3 Å². The van der Waals surface area contributed by atoms with Crippen LogP contribution in [0.2, 0.25) is 0 Å². The number of nitrogens with one attached hydrogen (secondary N) is 2. The van der Waals surface area contributed by atoms with Crippen molar-refractivity contribution in [3.8, 4) is 0 Å². The fourth-order valence-corrected chi connectivity index (χ4v) is 2.22. The summed E-state index contributed by atoms with van der Waals surface area (Å²) in [5, 5.41) is 5.82. The Morgan fingerprint density at radius 1 is 1.16 bits per heavy atom. The molecule has 0 atom stereocenters. The highest BCUT2D eigenvalue weighted by atomic mass is 16.5. The third-order valence-electron chi connectivity index (χ3n) is 3.43. The molecule has 0 unspecified atom stereocenters. The number of urea groups is 1. The number of carbonyl (C=O) groups excluding carboxylic acids is 1. The molecular formula is C15H22N2O2. The predicted octanol–water partition coefficient (Wildman–Crippen LogP) is 1.95. The highest BCUT2D eigenvalue weighted by Crippen LogP contribution is 2.12. The van der Waals surface area contributed by atoms with Crippen molar-refractivity contribution in [1.82, 2.24) is 10.6 Å². The summed E-state index contributed by atoms with van der Waals surface area (Å²) in [6.07, 6.45) is 2.96. The molecule has 0 aliphatic carbocycles. The van der Waals surface area contributed by atoms with Crippen LogP contribution in [-0.4, -0.2) is 32.3 Å². The van der Waals surface area contributed by atoms with Gasteiger partial charge in [0.25, 0.3) is 0 Å². The van der Waals surface area contributed by atoms with Crippen molar-refractivity contribution < 1.29 is 9.53 Å². The molecule has 1 saturated heterocycles. The first-order chi connectivity index (χ1) is 9.34. The van der Waals surface area contributed by atoms with Crippen LogP contribution in [0.25, 0.3) is 0 Å². The second-order valence-electron chi connectivity index (χ2n) is 4.93. The zero-order valence-electron chi connectivity index (χ0n) is 11.2. The molecule has 1 aromatic carbocycles. The lowest BCUT2D eigenvalue weighted by atomic mass is 10.0. The average Bonchev–Trinajstić information content (AvgIpc) is 2.47. The third kappa shape index (κ3) is 5.30.